The molecule has 0 aliphatic carbocycles. The molecule has 0 radical (unpaired) electrons. The molecule has 1 aliphatic rings. The van der Waals surface area contributed by atoms with Crippen LogP contribution in [0.4, 0.5) is 8.78 Å². The normalized spacial score (nSPS) is 18.1. The maximum absolute atomic E-state index is 12.4. The van der Waals surface area contributed by atoms with Crippen LogP contribution in [0.5, 0.6) is 0 Å². The van der Waals surface area contributed by atoms with E-state index in [0.29, 0.717) is 31.5 Å². The van der Waals surface area contributed by atoms with Gasteiger partial charge in [-0.1, -0.05) is 0 Å². The number of nitrogens with one attached hydrogen (secondary N) is 1. The quantitative estimate of drug-likeness (QED) is 0.836. The van der Waals surface area contributed by atoms with Gasteiger partial charge in [-0.05, 0) is 12.8 Å². The van der Waals surface area contributed by atoms with E-state index in [1.54, 1.807) is 4.90 Å². The fourth-order valence-corrected chi connectivity index (χ4v) is 1.90. The highest BCUT2D eigenvalue weighted by Gasteiger charge is 2.28. The summed E-state index contributed by atoms with van der Waals surface area (Å²) in [5.74, 6) is -0.699. The van der Waals surface area contributed by atoms with Gasteiger partial charge in [0.25, 0.3) is 5.91 Å². The van der Waals surface area contributed by atoms with Gasteiger partial charge in [0, 0.05) is 25.2 Å². The van der Waals surface area contributed by atoms with Crippen LogP contribution in [-0.4, -0.2) is 40.5 Å². The van der Waals surface area contributed by atoms with E-state index in [9.17, 15) is 13.6 Å². The van der Waals surface area contributed by atoms with E-state index in [1.165, 1.54) is 12.4 Å². The molecule has 0 saturated carbocycles. The van der Waals surface area contributed by atoms with Crippen LogP contribution in [-0.2, 0) is 0 Å². The molecule has 6 heteroatoms. The number of aromatic nitrogens is 2. The van der Waals surface area contributed by atoms with Crippen molar-refractivity contribution < 1.29 is 13.6 Å². The first-order valence-corrected chi connectivity index (χ1v) is 5.24. The summed E-state index contributed by atoms with van der Waals surface area (Å²) in [5.41, 5.74) is 0.482. The SMILES string of the molecule is O=C(c1cn[nH]c1)N1CCC(C(F)F)CC1. The van der Waals surface area contributed by atoms with Crippen molar-refractivity contribution in [2.75, 3.05) is 13.1 Å². The molecular formula is C10H13F2N3O. The molecule has 0 spiro atoms. The largest absolute Gasteiger partial charge is 0.339 e. The van der Waals surface area contributed by atoms with Gasteiger partial charge in [-0.3, -0.25) is 9.89 Å². The van der Waals surface area contributed by atoms with Crippen molar-refractivity contribution in [3.63, 3.8) is 0 Å². The van der Waals surface area contributed by atoms with E-state index in [0.717, 1.165) is 0 Å². The van der Waals surface area contributed by atoms with Gasteiger partial charge in [-0.15, -0.1) is 0 Å². The molecule has 1 amide bonds. The van der Waals surface area contributed by atoms with Crippen molar-refractivity contribution in [2.24, 2.45) is 5.92 Å². The number of hydrogen-bond acceptors (Lipinski definition) is 2. The number of H-pyrrole nitrogens is 1. The number of carbonyl (C=O) groups excluding carboxylic acids is 1. The number of amides is 1. The molecule has 2 rings (SSSR count). The standard InChI is InChI=1S/C10H13F2N3O/c11-9(12)7-1-3-15(4-2-7)10(16)8-5-13-14-6-8/h5-7,9H,1-4H2,(H,13,14). The summed E-state index contributed by atoms with van der Waals surface area (Å²) in [4.78, 5) is 13.4. The molecule has 2 heterocycles. The number of halogens is 2. The average molecular weight is 229 g/mol. The zero-order valence-electron chi connectivity index (χ0n) is 8.70. The van der Waals surface area contributed by atoms with Crippen LogP contribution in [0.1, 0.15) is 23.2 Å². The lowest BCUT2D eigenvalue weighted by atomic mass is 9.97. The zero-order chi connectivity index (χ0) is 11.5. The van der Waals surface area contributed by atoms with Crippen LogP contribution in [0, 0.1) is 5.92 Å². The van der Waals surface area contributed by atoms with E-state index < -0.39 is 12.3 Å². The molecule has 1 aromatic heterocycles. The molecular weight excluding hydrogens is 216 g/mol. The number of piperidine rings is 1. The summed E-state index contributed by atoms with van der Waals surface area (Å²) >= 11 is 0. The van der Waals surface area contributed by atoms with E-state index >= 15 is 0 Å². The first-order chi connectivity index (χ1) is 7.68. The number of hydrogen-bond donors (Lipinski definition) is 1. The smallest absolute Gasteiger partial charge is 0.257 e. The number of aromatic amines is 1. The molecule has 88 valence electrons. The van der Waals surface area contributed by atoms with Gasteiger partial charge in [0.15, 0.2) is 0 Å². The number of likely N-dealkylation sites (tertiary alicyclic amines) is 1. The molecule has 1 saturated heterocycles. The number of alkyl halides is 2. The Morgan fingerprint density at radius 2 is 2.19 bits per heavy atom. The Bertz CT molecular complexity index is 345. The van der Waals surface area contributed by atoms with Gasteiger partial charge in [-0.25, -0.2) is 8.78 Å². The van der Waals surface area contributed by atoms with E-state index in [1.807, 2.05) is 0 Å². The molecule has 1 fully saturated rings. The second-order valence-corrected chi connectivity index (χ2v) is 3.95. The van der Waals surface area contributed by atoms with Crippen molar-refractivity contribution in [1.82, 2.24) is 15.1 Å². The molecule has 4 nitrogen and oxygen atoms in total. The molecule has 0 unspecified atom stereocenters. The fraction of sp³-hybridized carbons (Fsp3) is 0.600. The topological polar surface area (TPSA) is 49.0 Å². The lowest BCUT2D eigenvalue weighted by molar-refractivity contribution is 0.0311. The van der Waals surface area contributed by atoms with Gasteiger partial charge in [0.2, 0.25) is 6.43 Å². The van der Waals surface area contributed by atoms with Gasteiger partial charge in [-0.2, -0.15) is 5.10 Å². The lowest BCUT2D eigenvalue weighted by Crippen LogP contribution is -2.39. The summed E-state index contributed by atoms with van der Waals surface area (Å²) in [6, 6.07) is 0. The zero-order valence-corrected chi connectivity index (χ0v) is 8.70. The predicted molar refractivity (Wildman–Crippen MR) is 53.2 cm³/mol. The third kappa shape index (κ3) is 2.20. The van der Waals surface area contributed by atoms with Crippen LogP contribution in [0.25, 0.3) is 0 Å². The van der Waals surface area contributed by atoms with Gasteiger partial charge >= 0.3 is 0 Å². The van der Waals surface area contributed by atoms with E-state index in [-0.39, 0.29) is 5.91 Å². The highest BCUT2D eigenvalue weighted by molar-refractivity contribution is 5.93. The molecule has 0 aromatic carbocycles. The minimum atomic E-state index is -2.27. The highest BCUT2D eigenvalue weighted by atomic mass is 19.3. The Morgan fingerprint density at radius 1 is 1.50 bits per heavy atom. The van der Waals surface area contributed by atoms with E-state index in [2.05, 4.69) is 10.2 Å². The van der Waals surface area contributed by atoms with Crippen molar-refractivity contribution in [3.8, 4) is 0 Å². The summed E-state index contributed by atoms with van der Waals surface area (Å²) < 4.78 is 24.8. The lowest BCUT2D eigenvalue weighted by Gasteiger charge is -2.31. The van der Waals surface area contributed by atoms with Crippen LogP contribution >= 0.6 is 0 Å². The number of rotatable bonds is 2. The summed E-state index contributed by atoms with van der Waals surface area (Å²) in [5, 5.41) is 6.25. The number of nitrogens with zero attached hydrogens (tertiary/aromatic N) is 2. The third-order valence-corrected chi connectivity index (χ3v) is 2.93. The Hall–Kier alpha value is -1.46. The first kappa shape index (κ1) is 11.0. The second kappa shape index (κ2) is 4.59. The second-order valence-electron chi connectivity index (χ2n) is 3.95. The maximum atomic E-state index is 12.4. The van der Waals surface area contributed by atoms with Crippen LogP contribution in [0.2, 0.25) is 0 Å². The minimum absolute atomic E-state index is 0.138. The fourth-order valence-electron chi connectivity index (χ4n) is 1.90. The molecule has 1 aliphatic heterocycles. The Labute approximate surface area is 91.6 Å². The molecule has 1 N–H and O–H groups in total. The summed E-state index contributed by atoms with van der Waals surface area (Å²) in [7, 11) is 0. The predicted octanol–water partition coefficient (Wildman–Crippen LogP) is 1.53. The van der Waals surface area contributed by atoms with Crippen molar-refractivity contribution in [1.29, 1.82) is 0 Å². The van der Waals surface area contributed by atoms with Crippen LogP contribution < -0.4 is 0 Å². The highest BCUT2D eigenvalue weighted by Crippen LogP contribution is 2.24. The summed E-state index contributed by atoms with van der Waals surface area (Å²) in [6.45, 7) is 0.804. The van der Waals surface area contributed by atoms with Crippen molar-refractivity contribution in [2.45, 2.75) is 19.3 Å². The number of carbonyl (C=O) groups is 1. The molecule has 1 aromatic rings. The third-order valence-electron chi connectivity index (χ3n) is 2.93. The van der Waals surface area contributed by atoms with Gasteiger partial charge in [0.1, 0.15) is 0 Å². The summed E-state index contributed by atoms with van der Waals surface area (Å²) in [6.07, 6.45) is 1.44. The molecule has 16 heavy (non-hydrogen) atoms. The molecule has 0 bridgehead atoms. The molecule has 0 atom stereocenters. The van der Waals surface area contributed by atoms with Crippen molar-refractivity contribution >= 4 is 5.91 Å². The maximum Gasteiger partial charge on any atom is 0.257 e. The first-order valence-electron chi connectivity index (χ1n) is 5.24. The van der Waals surface area contributed by atoms with Crippen LogP contribution in [0.15, 0.2) is 12.4 Å². The van der Waals surface area contributed by atoms with Crippen LogP contribution in [0.3, 0.4) is 0 Å². The minimum Gasteiger partial charge on any atom is -0.339 e. The Morgan fingerprint density at radius 3 is 2.69 bits per heavy atom. The van der Waals surface area contributed by atoms with E-state index in [4.69, 9.17) is 0 Å². The van der Waals surface area contributed by atoms with Gasteiger partial charge in [0.05, 0.1) is 11.8 Å². The van der Waals surface area contributed by atoms with Gasteiger partial charge < -0.3 is 4.90 Å². The average Bonchev–Trinajstić information content (AvgIpc) is 2.81. The Kier molecular flexibility index (Phi) is 3.17. The van der Waals surface area contributed by atoms with Crippen molar-refractivity contribution in [3.05, 3.63) is 18.0 Å². The monoisotopic (exact) mass is 229 g/mol. The Balaban J connectivity index is 1.92.